The molecule has 0 aliphatic carbocycles. The standard InChI is InChI=1S/C28H30O4/c1-17(2)11-9-12-20-13-10-16-23-24(20)26(32-28(30)19(5)6)22-15-8-7-14-21(22)25(23)31-27(29)18(3)4/h7-8,10,13-17H,3,5,9,11-12H2,1-2,4,6H3. The van der Waals surface area contributed by atoms with Crippen LogP contribution in [0.1, 0.15) is 46.1 Å². The summed E-state index contributed by atoms with van der Waals surface area (Å²) >= 11 is 0. The third kappa shape index (κ3) is 4.91. The molecule has 0 bridgehead atoms. The zero-order valence-electron chi connectivity index (χ0n) is 19.3. The molecule has 3 aromatic carbocycles. The maximum absolute atomic E-state index is 12.5. The van der Waals surface area contributed by atoms with Gasteiger partial charge in [0.2, 0.25) is 0 Å². The quantitative estimate of drug-likeness (QED) is 0.168. The number of rotatable bonds is 8. The van der Waals surface area contributed by atoms with Gasteiger partial charge in [0.15, 0.2) is 0 Å². The van der Waals surface area contributed by atoms with Crippen molar-refractivity contribution in [3.05, 3.63) is 72.3 Å². The van der Waals surface area contributed by atoms with E-state index in [2.05, 4.69) is 27.0 Å². The zero-order chi connectivity index (χ0) is 23.4. The molecule has 3 rings (SSSR count). The Balaban J connectivity index is 2.33. The van der Waals surface area contributed by atoms with Gasteiger partial charge in [-0.15, -0.1) is 0 Å². The number of benzene rings is 3. The fraction of sp³-hybridized carbons (Fsp3) is 0.286. The number of carbonyl (C=O) groups is 2. The van der Waals surface area contributed by atoms with Gasteiger partial charge in [-0.1, -0.05) is 75.9 Å². The van der Waals surface area contributed by atoms with E-state index in [9.17, 15) is 9.59 Å². The summed E-state index contributed by atoms with van der Waals surface area (Å²) in [7, 11) is 0. The lowest BCUT2D eigenvalue weighted by Gasteiger charge is -2.19. The number of hydrogen-bond donors (Lipinski definition) is 0. The monoisotopic (exact) mass is 430 g/mol. The van der Waals surface area contributed by atoms with Crippen molar-refractivity contribution in [2.45, 2.75) is 47.0 Å². The van der Waals surface area contributed by atoms with Crippen LogP contribution in [0.4, 0.5) is 0 Å². The van der Waals surface area contributed by atoms with Crippen LogP contribution >= 0.6 is 0 Å². The second-order valence-corrected chi connectivity index (χ2v) is 8.67. The summed E-state index contributed by atoms with van der Waals surface area (Å²) in [5, 5.41) is 2.91. The summed E-state index contributed by atoms with van der Waals surface area (Å²) in [6, 6.07) is 13.4. The van der Waals surface area contributed by atoms with Crippen LogP contribution in [0.5, 0.6) is 11.5 Å². The van der Waals surface area contributed by atoms with Crippen molar-refractivity contribution in [1.82, 2.24) is 0 Å². The largest absolute Gasteiger partial charge is 0.422 e. The van der Waals surface area contributed by atoms with Crippen molar-refractivity contribution >= 4 is 33.5 Å². The molecule has 0 aromatic heterocycles. The SMILES string of the molecule is C=C(C)C(=O)Oc1c2ccccc2c(OC(=O)C(=C)C)c2c(CCCC(C)C)cccc12. The summed E-state index contributed by atoms with van der Waals surface area (Å²) < 4.78 is 11.7. The van der Waals surface area contributed by atoms with Gasteiger partial charge in [-0.25, -0.2) is 9.59 Å². The first-order chi connectivity index (χ1) is 15.2. The van der Waals surface area contributed by atoms with E-state index >= 15 is 0 Å². The summed E-state index contributed by atoms with van der Waals surface area (Å²) in [6.45, 7) is 15.1. The molecule has 0 fully saturated rings. The fourth-order valence-corrected chi connectivity index (χ4v) is 3.70. The molecule has 0 aliphatic rings. The van der Waals surface area contributed by atoms with E-state index in [4.69, 9.17) is 9.47 Å². The lowest BCUT2D eigenvalue weighted by Crippen LogP contribution is -2.12. The molecule has 0 saturated carbocycles. The van der Waals surface area contributed by atoms with E-state index in [-0.39, 0.29) is 0 Å². The zero-order valence-corrected chi connectivity index (χ0v) is 19.3. The second-order valence-electron chi connectivity index (χ2n) is 8.67. The predicted octanol–water partition coefficient (Wildman–Crippen LogP) is 6.93. The molecule has 0 radical (unpaired) electrons. The van der Waals surface area contributed by atoms with E-state index in [1.165, 1.54) is 0 Å². The third-order valence-electron chi connectivity index (χ3n) is 5.35. The first-order valence-electron chi connectivity index (χ1n) is 10.9. The Morgan fingerprint density at radius 3 is 1.91 bits per heavy atom. The number of esters is 2. The van der Waals surface area contributed by atoms with Crippen LogP contribution in [0.25, 0.3) is 21.5 Å². The maximum Gasteiger partial charge on any atom is 0.338 e. The number of fused-ring (bicyclic) bond motifs is 2. The molecule has 0 aliphatic heterocycles. The Morgan fingerprint density at radius 2 is 1.34 bits per heavy atom. The Bertz CT molecular complexity index is 1220. The molecule has 0 heterocycles. The lowest BCUT2D eigenvalue weighted by atomic mass is 9.93. The Labute approximate surface area is 189 Å². The number of carbonyl (C=O) groups excluding carboxylic acids is 2. The second kappa shape index (κ2) is 9.82. The van der Waals surface area contributed by atoms with Crippen LogP contribution in [0.15, 0.2) is 66.8 Å². The molecule has 0 N–H and O–H groups in total. The highest BCUT2D eigenvalue weighted by Gasteiger charge is 2.22. The Hall–Kier alpha value is -3.40. The summed E-state index contributed by atoms with van der Waals surface area (Å²) in [5.41, 5.74) is 1.68. The Morgan fingerprint density at radius 1 is 0.812 bits per heavy atom. The predicted molar refractivity (Wildman–Crippen MR) is 130 cm³/mol. The van der Waals surface area contributed by atoms with E-state index < -0.39 is 11.9 Å². The molecular weight excluding hydrogens is 400 g/mol. The minimum atomic E-state index is -0.492. The topological polar surface area (TPSA) is 52.6 Å². The average molecular weight is 431 g/mol. The van der Waals surface area contributed by atoms with Crippen LogP contribution in [0.2, 0.25) is 0 Å². The Kier molecular flexibility index (Phi) is 7.14. The van der Waals surface area contributed by atoms with Crippen molar-refractivity contribution in [3.63, 3.8) is 0 Å². The molecule has 0 unspecified atom stereocenters. The smallest absolute Gasteiger partial charge is 0.338 e. The summed E-state index contributed by atoms with van der Waals surface area (Å²) in [4.78, 5) is 25.0. The van der Waals surface area contributed by atoms with Crippen molar-refractivity contribution in [2.24, 2.45) is 5.92 Å². The van der Waals surface area contributed by atoms with Gasteiger partial charge in [-0.05, 0) is 38.2 Å². The van der Waals surface area contributed by atoms with Gasteiger partial charge >= 0.3 is 11.9 Å². The van der Waals surface area contributed by atoms with Crippen molar-refractivity contribution in [1.29, 1.82) is 0 Å². The number of aryl methyl sites for hydroxylation is 1. The molecule has 3 aromatic rings. The number of hydrogen-bond acceptors (Lipinski definition) is 4. The van der Waals surface area contributed by atoms with Crippen molar-refractivity contribution in [2.75, 3.05) is 0 Å². The van der Waals surface area contributed by atoms with E-state index in [0.29, 0.717) is 39.3 Å². The van der Waals surface area contributed by atoms with Crippen LogP contribution in [-0.4, -0.2) is 11.9 Å². The van der Waals surface area contributed by atoms with Gasteiger partial charge in [-0.3, -0.25) is 0 Å². The van der Waals surface area contributed by atoms with Gasteiger partial charge in [-0.2, -0.15) is 0 Å². The minimum absolute atomic E-state index is 0.313. The highest BCUT2D eigenvalue weighted by molar-refractivity contribution is 6.14. The van der Waals surface area contributed by atoms with Gasteiger partial charge in [0.1, 0.15) is 11.5 Å². The molecule has 0 atom stereocenters. The van der Waals surface area contributed by atoms with Crippen LogP contribution in [0.3, 0.4) is 0 Å². The molecular formula is C28H30O4. The molecule has 4 heteroatoms. The molecule has 0 spiro atoms. The highest BCUT2D eigenvalue weighted by atomic mass is 16.5. The molecule has 0 amide bonds. The van der Waals surface area contributed by atoms with Gasteiger partial charge in [0, 0.05) is 32.7 Å². The first kappa shape index (κ1) is 23.3. The fourth-order valence-electron chi connectivity index (χ4n) is 3.70. The van der Waals surface area contributed by atoms with Gasteiger partial charge in [0.05, 0.1) is 0 Å². The normalized spacial score (nSPS) is 11.0. The van der Waals surface area contributed by atoms with E-state index in [0.717, 1.165) is 35.6 Å². The molecule has 166 valence electrons. The summed E-state index contributed by atoms with van der Waals surface area (Å²) in [5.74, 6) is 0.537. The first-order valence-corrected chi connectivity index (χ1v) is 10.9. The lowest BCUT2D eigenvalue weighted by molar-refractivity contribution is -0.130. The van der Waals surface area contributed by atoms with Crippen LogP contribution in [0, 0.1) is 5.92 Å². The summed E-state index contributed by atoms with van der Waals surface area (Å²) in [6.07, 6.45) is 2.90. The minimum Gasteiger partial charge on any atom is -0.422 e. The van der Waals surface area contributed by atoms with E-state index in [1.807, 2.05) is 42.5 Å². The van der Waals surface area contributed by atoms with Gasteiger partial charge in [0.25, 0.3) is 0 Å². The van der Waals surface area contributed by atoms with Crippen LogP contribution in [-0.2, 0) is 16.0 Å². The van der Waals surface area contributed by atoms with Crippen molar-refractivity contribution < 1.29 is 19.1 Å². The van der Waals surface area contributed by atoms with Crippen LogP contribution < -0.4 is 9.47 Å². The molecule has 0 saturated heterocycles. The highest BCUT2D eigenvalue weighted by Crippen LogP contribution is 2.45. The maximum atomic E-state index is 12.5. The van der Waals surface area contributed by atoms with Gasteiger partial charge < -0.3 is 9.47 Å². The van der Waals surface area contributed by atoms with E-state index in [1.54, 1.807) is 13.8 Å². The number of ether oxygens (including phenoxy) is 2. The molecule has 32 heavy (non-hydrogen) atoms. The third-order valence-corrected chi connectivity index (χ3v) is 5.35. The molecule has 4 nitrogen and oxygen atoms in total. The average Bonchev–Trinajstić information content (AvgIpc) is 2.75. The van der Waals surface area contributed by atoms with Crippen molar-refractivity contribution in [3.8, 4) is 11.5 Å².